The molecule has 0 spiro atoms. The lowest BCUT2D eigenvalue weighted by Crippen LogP contribution is -2.05. The summed E-state index contributed by atoms with van der Waals surface area (Å²) in [6, 6.07) is 13.3. The number of non-ortho nitro benzene ring substituents is 1. The summed E-state index contributed by atoms with van der Waals surface area (Å²) in [6.07, 6.45) is 8.00. The highest BCUT2D eigenvalue weighted by Gasteiger charge is 2.20. The first-order chi connectivity index (χ1) is 14.5. The van der Waals surface area contributed by atoms with E-state index in [-0.39, 0.29) is 11.4 Å². The van der Waals surface area contributed by atoms with Crippen LogP contribution >= 0.6 is 0 Å². The average Bonchev–Trinajstić information content (AvgIpc) is 3.13. The topological polar surface area (TPSA) is 116 Å². The maximum atomic E-state index is 11.3. The number of aryl methyl sites for hydroxylation is 1. The molecule has 0 saturated heterocycles. The van der Waals surface area contributed by atoms with Gasteiger partial charge in [-0.1, -0.05) is 18.2 Å². The predicted molar refractivity (Wildman–Crippen MR) is 113 cm³/mol. The largest absolute Gasteiger partial charge is 0.315 e. The van der Waals surface area contributed by atoms with Gasteiger partial charge in [-0.3, -0.25) is 25.7 Å². The Morgan fingerprint density at radius 3 is 2.50 bits per heavy atom. The molecule has 0 radical (unpaired) electrons. The lowest BCUT2D eigenvalue weighted by atomic mass is 9.94. The Hall–Kier alpha value is -4.01. The lowest BCUT2D eigenvalue weighted by molar-refractivity contribution is -0.393. The van der Waals surface area contributed by atoms with E-state index in [9.17, 15) is 20.2 Å². The van der Waals surface area contributed by atoms with E-state index in [1.54, 1.807) is 6.21 Å². The molecule has 0 fully saturated rings. The number of para-hydroxylation sites is 1. The molecule has 0 aliphatic heterocycles. The zero-order valence-corrected chi connectivity index (χ0v) is 16.0. The first kappa shape index (κ1) is 19.3. The van der Waals surface area contributed by atoms with Crippen molar-refractivity contribution in [2.24, 2.45) is 5.10 Å². The van der Waals surface area contributed by atoms with Gasteiger partial charge in [-0.2, -0.15) is 5.10 Å². The molecule has 1 heterocycles. The number of anilines is 1. The molecule has 152 valence electrons. The van der Waals surface area contributed by atoms with Crippen molar-refractivity contribution in [1.29, 1.82) is 0 Å². The molecule has 1 aromatic heterocycles. The van der Waals surface area contributed by atoms with Crippen molar-refractivity contribution >= 4 is 23.3 Å². The summed E-state index contributed by atoms with van der Waals surface area (Å²) in [4.78, 5) is 20.9. The van der Waals surface area contributed by atoms with Gasteiger partial charge < -0.3 is 4.57 Å². The van der Waals surface area contributed by atoms with Crippen LogP contribution in [0.4, 0.5) is 17.1 Å². The van der Waals surface area contributed by atoms with E-state index >= 15 is 0 Å². The zero-order valence-electron chi connectivity index (χ0n) is 16.0. The second-order valence-corrected chi connectivity index (χ2v) is 7.02. The van der Waals surface area contributed by atoms with Gasteiger partial charge in [0.25, 0.3) is 5.69 Å². The summed E-state index contributed by atoms with van der Waals surface area (Å²) in [5, 5.41) is 26.4. The van der Waals surface area contributed by atoms with Crippen LogP contribution in [0.15, 0.2) is 59.8 Å². The molecule has 1 aliphatic rings. The first-order valence-electron chi connectivity index (χ1n) is 9.55. The molecule has 1 N–H and O–H groups in total. The smallest absolute Gasteiger partial charge is 0.301 e. The molecular formula is C21H19N5O4. The van der Waals surface area contributed by atoms with Crippen LogP contribution in [0.5, 0.6) is 0 Å². The summed E-state index contributed by atoms with van der Waals surface area (Å²) in [5.74, 6) is 0. The Bertz CT molecular complexity index is 1140. The van der Waals surface area contributed by atoms with E-state index in [1.165, 1.54) is 23.3 Å². The molecule has 0 saturated carbocycles. The van der Waals surface area contributed by atoms with Crippen LogP contribution in [0.25, 0.3) is 5.69 Å². The van der Waals surface area contributed by atoms with Gasteiger partial charge in [-0.05, 0) is 55.0 Å². The minimum atomic E-state index is -0.668. The molecule has 1 aliphatic carbocycles. The Morgan fingerprint density at radius 2 is 1.77 bits per heavy atom. The van der Waals surface area contributed by atoms with Crippen molar-refractivity contribution in [3.05, 3.63) is 91.8 Å². The normalized spacial score (nSPS) is 13.2. The van der Waals surface area contributed by atoms with Gasteiger partial charge >= 0.3 is 5.69 Å². The van der Waals surface area contributed by atoms with E-state index in [4.69, 9.17) is 0 Å². The molecule has 0 atom stereocenters. The quantitative estimate of drug-likeness (QED) is 0.365. The summed E-state index contributed by atoms with van der Waals surface area (Å²) >= 11 is 0. The van der Waals surface area contributed by atoms with Crippen LogP contribution in [-0.4, -0.2) is 20.6 Å². The van der Waals surface area contributed by atoms with Gasteiger partial charge in [-0.15, -0.1) is 0 Å². The number of nitro benzene ring substituents is 2. The molecule has 4 rings (SSSR count). The van der Waals surface area contributed by atoms with Gasteiger partial charge in [-0.25, -0.2) is 0 Å². The van der Waals surface area contributed by atoms with Gasteiger partial charge in [0.05, 0.1) is 27.8 Å². The fourth-order valence-electron chi connectivity index (χ4n) is 3.72. The number of hydrazone groups is 1. The second kappa shape index (κ2) is 8.16. The fraction of sp³-hybridized carbons (Fsp3) is 0.190. The second-order valence-electron chi connectivity index (χ2n) is 7.02. The predicted octanol–water partition coefficient (Wildman–Crippen LogP) is 4.62. The van der Waals surface area contributed by atoms with Gasteiger partial charge in [0.2, 0.25) is 0 Å². The van der Waals surface area contributed by atoms with E-state index in [1.807, 2.05) is 30.3 Å². The Labute approximate surface area is 172 Å². The maximum absolute atomic E-state index is 11.3. The zero-order chi connectivity index (χ0) is 21.1. The number of nitrogens with one attached hydrogen (secondary N) is 1. The minimum Gasteiger partial charge on any atom is -0.315 e. The summed E-state index contributed by atoms with van der Waals surface area (Å²) in [5.41, 5.74) is 6.47. The number of hydrogen-bond acceptors (Lipinski definition) is 6. The van der Waals surface area contributed by atoms with Crippen molar-refractivity contribution in [1.82, 2.24) is 4.57 Å². The minimum absolute atomic E-state index is 0.0912. The maximum Gasteiger partial charge on any atom is 0.301 e. The van der Waals surface area contributed by atoms with E-state index in [0.29, 0.717) is 0 Å². The van der Waals surface area contributed by atoms with Crippen LogP contribution in [0.2, 0.25) is 0 Å². The van der Waals surface area contributed by atoms with E-state index in [2.05, 4.69) is 21.3 Å². The number of fused-ring (bicyclic) bond motifs is 1. The van der Waals surface area contributed by atoms with Crippen LogP contribution < -0.4 is 5.43 Å². The van der Waals surface area contributed by atoms with Crippen molar-refractivity contribution in [3.63, 3.8) is 0 Å². The van der Waals surface area contributed by atoms with Crippen LogP contribution in [0, 0.1) is 20.2 Å². The highest BCUT2D eigenvalue weighted by atomic mass is 16.6. The number of nitrogens with zero attached hydrogens (tertiary/aromatic N) is 4. The molecule has 9 nitrogen and oxygen atoms in total. The third kappa shape index (κ3) is 3.77. The lowest BCUT2D eigenvalue weighted by Gasteiger charge is -2.11. The molecule has 30 heavy (non-hydrogen) atoms. The standard InChI is InChI=1S/C21H19N5O4/c27-25(28)17-10-11-19(20(12-17)26(29)30)23-22-13-21-18-9-5-4-6-15(18)14-24(21)16-7-2-1-3-8-16/h1-3,7-8,10-14,23H,4-6,9H2/b22-13+. The van der Waals surface area contributed by atoms with Crippen LogP contribution in [0.3, 0.4) is 0 Å². The molecule has 0 amide bonds. The SMILES string of the molecule is O=[N+]([O-])c1ccc(N/N=C/c2c3c(cn2-c2ccccc2)CCCC3)c([N+](=O)[O-])c1. The number of aromatic nitrogens is 1. The van der Waals surface area contributed by atoms with Crippen LogP contribution in [0.1, 0.15) is 29.7 Å². The molecular weight excluding hydrogens is 386 g/mol. The number of nitro groups is 2. The Kier molecular flexibility index (Phi) is 5.25. The molecule has 2 aromatic carbocycles. The molecule has 3 aromatic rings. The number of hydrogen-bond donors (Lipinski definition) is 1. The molecule has 0 unspecified atom stereocenters. The summed E-state index contributed by atoms with van der Waals surface area (Å²) < 4.78 is 2.07. The van der Waals surface area contributed by atoms with Crippen molar-refractivity contribution in [3.8, 4) is 5.69 Å². The third-order valence-corrected chi connectivity index (χ3v) is 5.16. The summed E-state index contributed by atoms with van der Waals surface area (Å²) in [6.45, 7) is 0. The number of benzene rings is 2. The van der Waals surface area contributed by atoms with E-state index < -0.39 is 15.5 Å². The van der Waals surface area contributed by atoms with Crippen LogP contribution in [-0.2, 0) is 12.8 Å². The Balaban J connectivity index is 1.68. The Morgan fingerprint density at radius 1 is 1.00 bits per heavy atom. The fourth-order valence-corrected chi connectivity index (χ4v) is 3.72. The van der Waals surface area contributed by atoms with E-state index in [0.717, 1.165) is 43.1 Å². The van der Waals surface area contributed by atoms with Gasteiger partial charge in [0, 0.05) is 18.0 Å². The van der Waals surface area contributed by atoms with Crippen molar-refractivity contribution in [2.75, 3.05) is 5.43 Å². The van der Waals surface area contributed by atoms with Crippen molar-refractivity contribution in [2.45, 2.75) is 25.7 Å². The van der Waals surface area contributed by atoms with Gasteiger partial charge in [0.15, 0.2) is 0 Å². The highest BCUT2D eigenvalue weighted by Crippen LogP contribution is 2.30. The number of rotatable bonds is 6. The summed E-state index contributed by atoms with van der Waals surface area (Å²) in [7, 11) is 0. The average molecular weight is 405 g/mol. The molecule has 9 heteroatoms. The molecule has 0 bridgehead atoms. The van der Waals surface area contributed by atoms with Crippen molar-refractivity contribution < 1.29 is 9.85 Å². The first-order valence-corrected chi connectivity index (χ1v) is 9.55. The highest BCUT2D eigenvalue weighted by molar-refractivity contribution is 5.83. The third-order valence-electron chi connectivity index (χ3n) is 5.16. The monoisotopic (exact) mass is 405 g/mol. The van der Waals surface area contributed by atoms with Gasteiger partial charge in [0.1, 0.15) is 5.69 Å².